The van der Waals surface area contributed by atoms with Gasteiger partial charge < -0.3 is 4.90 Å². The zero-order valence-electron chi connectivity index (χ0n) is 12.1. The zero-order valence-corrected chi connectivity index (χ0v) is 14.7. The first-order valence-corrected chi connectivity index (χ1v) is 9.00. The van der Waals surface area contributed by atoms with Crippen molar-refractivity contribution in [1.82, 2.24) is 4.90 Å². The van der Waals surface area contributed by atoms with E-state index in [-0.39, 0.29) is 10.2 Å². The molecule has 2 bridgehead atoms. The second kappa shape index (κ2) is 3.72. The lowest BCUT2D eigenvalue weighted by Gasteiger charge is -2.73. The number of rotatable bonds is 0. The molecule has 0 amide bonds. The molecular weight excluding hydrogens is 314 g/mol. The van der Waals surface area contributed by atoms with Crippen LogP contribution in [0.5, 0.6) is 0 Å². The van der Waals surface area contributed by atoms with E-state index < -0.39 is 0 Å². The standard InChI is InChI=1S/C17H19NS3/c1-18-9-15-6-11(19)7-16(8-15)14-10(3-2-4-12(14)20)5-13(18)17(15,16)21/h2-4,13,20-21H,5-9H2,1H3. The molecule has 4 unspecified atom stereocenters. The van der Waals surface area contributed by atoms with Gasteiger partial charge in [0.25, 0.3) is 0 Å². The predicted octanol–water partition coefficient (Wildman–Crippen LogP) is 3.31. The van der Waals surface area contributed by atoms with Gasteiger partial charge in [-0.1, -0.05) is 24.4 Å². The minimum atomic E-state index is 0.0862. The third kappa shape index (κ3) is 1.21. The molecule has 4 heteroatoms. The lowest BCUT2D eigenvalue weighted by atomic mass is 9.35. The number of likely N-dealkylation sites (tertiary alicyclic amines) is 1. The lowest BCUT2D eigenvalue weighted by molar-refractivity contribution is -0.0280. The van der Waals surface area contributed by atoms with Crippen LogP contribution in [-0.4, -0.2) is 34.1 Å². The molecule has 21 heavy (non-hydrogen) atoms. The smallest absolute Gasteiger partial charge is 0.0460 e. The average molecular weight is 334 g/mol. The van der Waals surface area contributed by atoms with Crippen molar-refractivity contribution in [2.45, 2.75) is 46.8 Å². The molecule has 4 atom stereocenters. The Bertz CT molecular complexity index is 701. The van der Waals surface area contributed by atoms with Gasteiger partial charge in [-0.2, -0.15) is 12.6 Å². The first-order valence-electron chi connectivity index (χ1n) is 7.69. The Morgan fingerprint density at radius 1 is 1.33 bits per heavy atom. The van der Waals surface area contributed by atoms with E-state index in [0.717, 1.165) is 30.7 Å². The monoisotopic (exact) mass is 333 g/mol. The number of likely N-dealkylation sites (N-methyl/N-ethyl adjacent to an activating group) is 1. The van der Waals surface area contributed by atoms with Gasteiger partial charge in [0.05, 0.1) is 0 Å². The quantitative estimate of drug-likeness (QED) is 0.554. The first-order chi connectivity index (χ1) is 9.93. The highest BCUT2D eigenvalue weighted by Gasteiger charge is 2.82. The third-order valence-corrected chi connectivity index (χ3v) is 8.66. The molecule has 1 nitrogen and oxygen atoms in total. The molecule has 2 saturated carbocycles. The van der Waals surface area contributed by atoms with Crippen LogP contribution in [0.15, 0.2) is 23.1 Å². The number of benzene rings is 1. The Labute approximate surface area is 142 Å². The minimum Gasteiger partial charge on any atom is -0.301 e. The normalized spacial score (nSPS) is 46.8. The fraction of sp³-hybridized carbons (Fsp3) is 0.588. The van der Waals surface area contributed by atoms with E-state index in [1.165, 1.54) is 22.4 Å². The van der Waals surface area contributed by atoms with Crippen LogP contribution in [0.3, 0.4) is 0 Å². The molecule has 0 radical (unpaired) electrons. The number of thiocarbonyl (C=S) groups is 1. The number of thiol groups is 2. The molecule has 1 saturated heterocycles. The Kier molecular flexibility index (Phi) is 2.37. The summed E-state index contributed by atoms with van der Waals surface area (Å²) in [6, 6.07) is 7.12. The van der Waals surface area contributed by atoms with Crippen molar-refractivity contribution in [2.24, 2.45) is 5.41 Å². The van der Waals surface area contributed by atoms with E-state index in [4.69, 9.17) is 37.5 Å². The highest BCUT2D eigenvalue weighted by molar-refractivity contribution is 7.82. The Balaban J connectivity index is 1.84. The van der Waals surface area contributed by atoms with E-state index in [0.29, 0.717) is 11.5 Å². The van der Waals surface area contributed by atoms with Crippen LogP contribution < -0.4 is 0 Å². The van der Waals surface area contributed by atoms with Crippen molar-refractivity contribution in [3.05, 3.63) is 29.3 Å². The van der Waals surface area contributed by atoms with Crippen LogP contribution in [-0.2, 0) is 11.8 Å². The highest BCUT2D eigenvalue weighted by atomic mass is 32.1. The van der Waals surface area contributed by atoms with Gasteiger partial charge in [0.1, 0.15) is 0 Å². The number of fused-ring (bicyclic) bond motifs is 1. The predicted molar refractivity (Wildman–Crippen MR) is 96.1 cm³/mol. The summed E-state index contributed by atoms with van der Waals surface area (Å²) in [6.07, 6.45) is 4.48. The van der Waals surface area contributed by atoms with Gasteiger partial charge >= 0.3 is 0 Å². The largest absolute Gasteiger partial charge is 0.301 e. The highest BCUT2D eigenvalue weighted by Crippen LogP contribution is 2.79. The summed E-state index contributed by atoms with van der Waals surface area (Å²) in [4.78, 5) is 4.95. The summed E-state index contributed by atoms with van der Waals surface area (Å²) in [6.45, 7) is 1.15. The van der Waals surface area contributed by atoms with Crippen molar-refractivity contribution >= 4 is 42.3 Å². The molecule has 3 fully saturated rings. The fourth-order valence-electron chi connectivity index (χ4n) is 6.42. The molecule has 0 N–H and O–H groups in total. The van der Waals surface area contributed by atoms with E-state index >= 15 is 0 Å². The summed E-state index contributed by atoms with van der Waals surface area (Å²) in [7, 11) is 2.28. The average Bonchev–Trinajstić information content (AvgIpc) is 2.59. The maximum absolute atomic E-state index is 5.72. The van der Waals surface area contributed by atoms with Gasteiger partial charge in [-0.25, -0.2) is 0 Å². The molecule has 4 aliphatic rings. The lowest BCUT2D eigenvalue weighted by Crippen LogP contribution is -2.77. The first kappa shape index (κ1) is 13.4. The summed E-state index contributed by atoms with van der Waals surface area (Å²) in [5.74, 6) is 0. The Morgan fingerprint density at radius 2 is 2.14 bits per heavy atom. The fourth-order valence-corrected chi connectivity index (χ4v) is 8.17. The van der Waals surface area contributed by atoms with Crippen LogP contribution in [0.1, 0.15) is 30.4 Å². The molecule has 1 aromatic carbocycles. The van der Waals surface area contributed by atoms with E-state index in [9.17, 15) is 0 Å². The van der Waals surface area contributed by atoms with Crippen molar-refractivity contribution in [3.63, 3.8) is 0 Å². The van der Waals surface area contributed by atoms with Crippen LogP contribution in [0, 0.1) is 5.41 Å². The Morgan fingerprint density at radius 3 is 2.95 bits per heavy atom. The molecule has 3 aliphatic carbocycles. The van der Waals surface area contributed by atoms with Crippen LogP contribution in [0.2, 0.25) is 0 Å². The molecule has 1 aliphatic heterocycles. The van der Waals surface area contributed by atoms with Gasteiger partial charge in [-0.05, 0) is 54.8 Å². The maximum Gasteiger partial charge on any atom is 0.0460 e. The molecule has 2 spiro atoms. The number of nitrogens with zero attached hydrogens (tertiary/aromatic N) is 1. The molecular formula is C17H19NS3. The van der Waals surface area contributed by atoms with Crippen molar-refractivity contribution < 1.29 is 0 Å². The topological polar surface area (TPSA) is 3.24 Å². The van der Waals surface area contributed by atoms with Gasteiger partial charge in [0, 0.05) is 33.1 Å². The van der Waals surface area contributed by atoms with E-state index in [2.05, 4.69) is 30.1 Å². The second-order valence-corrected chi connectivity index (χ2v) is 9.41. The van der Waals surface area contributed by atoms with Crippen molar-refractivity contribution in [2.75, 3.05) is 13.6 Å². The summed E-state index contributed by atoms with van der Waals surface area (Å²) < 4.78 is 0.0862. The van der Waals surface area contributed by atoms with Crippen molar-refractivity contribution in [1.29, 1.82) is 0 Å². The van der Waals surface area contributed by atoms with Crippen molar-refractivity contribution in [3.8, 4) is 0 Å². The molecule has 1 heterocycles. The zero-order chi connectivity index (χ0) is 14.6. The SMILES string of the molecule is CN1CC23CC(=S)CC4(C2)c2c(S)cccc2CC1C34S. The molecule has 1 aromatic rings. The number of hydrogen-bond acceptors (Lipinski definition) is 4. The summed E-state index contributed by atoms with van der Waals surface area (Å²) in [5, 5.41) is 0. The molecule has 110 valence electrons. The second-order valence-electron chi connectivity index (χ2n) is 7.64. The van der Waals surface area contributed by atoms with Crippen LogP contribution in [0.4, 0.5) is 0 Å². The van der Waals surface area contributed by atoms with E-state index in [1.54, 1.807) is 0 Å². The van der Waals surface area contributed by atoms with Gasteiger partial charge in [0.2, 0.25) is 0 Å². The molecule has 0 aromatic heterocycles. The van der Waals surface area contributed by atoms with Gasteiger partial charge in [-0.3, -0.25) is 0 Å². The Hall–Kier alpha value is -0.0300. The van der Waals surface area contributed by atoms with Gasteiger partial charge in [-0.15, -0.1) is 12.6 Å². The summed E-state index contributed by atoms with van der Waals surface area (Å²) >= 11 is 15.9. The number of hydrogen-bond donors (Lipinski definition) is 2. The van der Waals surface area contributed by atoms with Crippen LogP contribution >= 0.6 is 37.5 Å². The maximum atomic E-state index is 5.72. The van der Waals surface area contributed by atoms with E-state index in [1.807, 2.05) is 0 Å². The van der Waals surface area contributed by atoms with Crippen LogP contribution in [0.25, 0.3) is 0 Å². The summed E-state index contributed by atoms with van der Waals surface area (Å²) in [5.41, 5.74) is 3.38. The van der Waals surface area contributed by atoms with Gasteiger partial charge in [0.15, 0.2) is 0 Å². The molecule has 5 rings (SSSR count). The third-order valence-electron chi connectivity index (χ3n) is 6.80. The minimum absolute atomic E-state index is 0.0862.